The van der Waals surface area contributed by atoms with Gasteiger partial charge in [0, 0.05) is 25.0 Å². The summed E-state index contributed by atoms with van der Waals surface area (Å²) in [5.41, 5.74) is 0. The van der Waals surface area contributed by atoms with Crippen LogP contribution in [0.2, 0.25) is 0 Å². The third-order valence-electron chi connectivity index (χ3n) is 2.71. The van der Waals surface area contributed by atoms with E-state index in [1.54, 1.807) is 24.4 Å². The predicted octanol–water partition coefficient (Wildman–Crippen LogP) is 2.08. The van der Waals surface area contributed by atoms with Crippen LogP contribution in [-0.2, 0) is 6.54 Å². The molecule has 102 valence electrons. The van der Waals surface area contributed by atoms with Crippen molar-refractivity contribution < 1.29 is 9.13 Å². The van der Waals surface area contributed by atoms with E-state index in [-0.39, 0.29) is 11.9 Å². The number of ether oxygens (including phenoxy) is 1. The van der Waals surface area contributed by atoms with E-state index in [0.29, 0.717) is 18.9 Å². The topological polar surface area (TPSA) is 39.1 Å². The normalized spacial score (nSPS) is 12.3. The Labute approximate surface area is 112 Å². The molecular formula is C14H18FN3O. The predicted molar refractivity (Wildman–Crippen MR) is 71.6 cm³/mol. The number of nitrogens with zero attached hydrogens (tertiary/aromatic N) is 2. The summed E-state index contributed by atoms with van der Waals surface area (Å²) in [6.07, 6.45) is 3.68. The van der Waals surface area contributed by atoms with Gasteiger partial charge in [-0.2, -0.15) is 5.10 Å². The number of para-hydroxylation sites is 1. The molecule has 19 heavy (non-hydrogen) atoms. The van der Waals surface area contributed by atoms with Crippen LogP contribution in [0.1, 0.15) is 6.92 Å². The highest BCUT2D eigenvalue weighted by Crippen LogP contribution is 2.14. The Morgan fingerprint density at radius 2 is 2.21 bits per heavy atom. The van der Waals surface area contributed by atoms with Crippen LogP contribution in [0.5, 0.6) is 5.75 Å². The van der Waals surface area contributed by atoms with Crippen LogP contribution in [0.25, 0.3) is 0 Å². The molecule has 1 aromatic carbocycles. The summed E-state index contributed by atoms with van der Waals surface area (Å²) < 4.78 is 20.5. The van der Waals surface area contributed by atoms with Crippen molar-refractivity contribution >= 4 is 0 Å². The molecule has 0 saturated heterocycles. The molecule has 0 aliphatic carbocycles. The molecule has 0 aliphatic rings. The summed E-state index contributed by atoms with van der Waals surface area (Å²) in [6.45, 7) is 3.97. The van der Waals surface area contributed by atoms with E-state index in [9.17, 15) is 4.39 Å². The SMILES string of the molecule is CC(Cn1cccn1)NCCOc1ccccc1F. The van der Waals surface area contributed by atoms with Gasteiger partial charge in [-0.05, 0) is 25.1 Å². The van der Waals surface area contributed by atoms with Gasteiger partial charge in [0.2, 0.25) is 0 Å². The van der Waals surface area contributed by atoms with E-state index >= 15 is 0 Å². The van der Waals surface area contributed by atoms with E-state index < -0.39 is 0 Å². The van der Waals surface area contributed by atoms with Crippen LogP contribution in [0.15, 0.2) is 42.7 Å². The van der Waals surface area contributed by atoms with Gasteiger partial charge in [0.05, 0.1) is 6.54 Å². The average Bonchev–Trinajstić information content (AvgIpc) is 2.89. The second-order valence-electron chi connectivity index (χ2n) is 4.36. The van der Waals surface area contributed by atoms with Crippen LogP contribution >= 0.6 is 0 Å². The van der Waals surface area contributed by atoms with E-state index in [4.69, 9.17) is 4.74 Å². The minimum atomic E-state index is -0.327. The summed E-state index contributed by atoms with van der Waals surface area (Å²) in [5, 5.41) is 7.44. The lowest BCUT2D eigenvalue weighted by Crippen LogP contribution is -2.33. The highest BCUT2D eigenvalue weighted by molar-refractivity contribution is 5.23. The van der Waals surface area contributed by atoms with Gasteiger partial charge in [-0.3, -0.25) is 4.68 Å². The van der Waals surface area contributed by atoms with E-state index in [1.807, 2.05) is 16.9 Å². The fourth-order valence-corrected chi connectivity index (χ4v) is 1.78. The summed E-state index contributed by atoms with van der Waals surface area (Å²) >= 11 is 0. The largest absolute Gasteiger partial charge is 0.489 e. The second-order valence-corrected chi connectivity index (χ2v) is 4.36. The minimum absolute atomic E-state index is 0.282. The zero-order chi connectivity index (χ0) is 13.5. The van der Waals surface area contributed by atoms with Crippen molar-refractivity contribution in [1.29, 1.82) is 0 Å². The molecule has 1 atom stereocenters. The van der Waals surface area contributed by atoms with Crippen LogP contribution in [0.4, 0.5) is 4.39 Å². The number of rotatable bonds is 7. The quantitative estimate of drug-likeness (QED) is 0.777. The summed E-state index contributed by atoms with van der Waals surface area (Å²) in [5.74, 6) is -0.0314. The Balaban J connectivity index is 1.65. The van der Waals surface area contributed by atoms with E-state index in [2.05, 4.69) is 17.3 Å². The van der Waals surface area contributed by atoms with Crippen molar-refractivity contribution in [3.05, 3.63) is 48.5 Å². The maximum Gasteiger partial charge on any atom is 0.165 e. The Hall–Kier alpha value is -1.88. The molecule has 0 fully saturated rings. The lowest BCUT2D eigenvalue weighted by molar-refractivity contribution is 0.288. The molecule has 1 unspecified atom stereocenters. The van der Waals surface area contributed by atoms with Crippen LogP contribution < -0.4 is 10.1 Å². The zero-order valence-electron chi connectivity index (χ0n) is 10.9. The van der Waals surface area contributed by atoms with Crippen molar-refractivity contribution in [1.82, 2.24) is 15.1 Å². The maximum absolute atomic E-state index is 13.3. The first-order valence-corrected chi connectivity index (χ1v) is 6.34. The third kappa shape index (κ3) is 4.37. The second kappa shape index (κ2) is 6.89. The first-order chi connectivity index (χ1) is 9.25. The molecule has 1 N–H and O–H groups in total. The Morgan fingerprint density at radius 3 is 2.95 bits per heavy atom. The number of hydrogen-bond donors (Lipinski definition) is 1. The summed E-state index contributed by atoms with van der Waals surface area (Å²) in [4.78, 5) is 0. The van der Waals surface area contributed by atoms with E-state index in [1.165, 1.54) is 6.07 Å². The molecule has 0 saturated carbocycles. The molecule has 2 rings (SSSR count). The van der Waals surface area contributed by atoms with Crippen LogP contribution in [0.3, 0.4) is 0 Å². The molecule has 0 spiro atoms. The van der Waals surface area contributed by atoms with Crippen molar-refractivity contribution in [2.24, 2.45) is 0 Å². The maximum atomic E-state index is 13.3. The molecule has 5 heteroatoms. The number of benzene rings is 1. The highest BCUT2D eigenvalue weighted by Gasteiger charge is 2.03. The van der Waals surface area contributed by atoms with Gasteiger partial charge in [0.15, 0.2) is 11.6 Å². The smallest absolute Gasteiger partial charge is 0.165 e. The number of halogens is 1. The highest BCUT2D eigenvalue weighted by atomic mass is 19.1. The number of hydrogen-bond acceptors (Lipinski definition) is 3. The molecule has 1 heterocycles. The van der Waals surface area contributed by atoms with Gasteiger partial charge in [-0.25, -0.2) is 4.39 Å². The van der Waals surface area contributed by atoms with Crippen LogP contribution in [0, 0.1) is 5.82 Å². The molecule has 0 bridgehead atoms. The van der Waals surface area contributed by atoms with Crippen molar-refractivity contribution in [3.63, 3.8) is 0 Å². The fourth-order valence-electron chi connectivity index (χ4n) is 1.78. The number of aromatic nitrogens is 2. The van der Waals surface area contributed by atoms with Crippen LogP contribution in [-0.4, -0.2) is 29.0 Å². The minimum Gasteiger partial charge on any atom is -0.489 e. The van der Waals surface area contributed by atoms with Crippen molar-refractivity contribution in [2.75, 3.05) is 13.2 Å². The zero-order valence-corrected chi connectivity index (χ0v) is 10.9. The number of nitrogens with one attached hydrogen (secondary N) is 1. The third-order valence-corrected chi connectivity index (χ3v) is 2.71. The molecule has 4 nitrogen and oxygen atoms in total. The Kier molecular flexibility index (Phi) is 4.92. The van der Waals surface area contributed by atoms with Crippen molar-refractivity contribution in [3.8, 4) is 5.75 Å². The monoisotopic (exact) mass is 263 g/mol. The molecule has 0 aliphatic heterocycles. The van der Waals surface area contributed by atoms with Gasteiger partial charge in [0.25, 0.3) is 0 Å². The van der Waals surface area contributed by atoms with Gasteiger partial charge in [-0.1, -0.05) is 12.1 Å². The molecule has 0 radical (unpaired) electrons. The van der Waals surface area contributed by atoms with E-state index in [0.717, 1.165) is 6.54 Å². The lowest BCUT2D eigenvalue weighted by atomic mass is 10.3. The summed E-state index contributed by atoms with van der Waals surface area (Å²) in [6, 6.07) is 8.60. The standard InChI is InChI=1S/C14H18FN3O/c1-12(11-18-9-4-7-17-18)16-8-10-19-14-6-3-2-5-13(14)15/h2-7,9,12,16H,8,10-11H2,1H3. The average molecular weight is 263 g/mol. The molecule has 0 amide bonds. The van der Waals surface area contributed by atoms with Gasteiger partial charge in [0.1, 0.15) is 6.61 Å². The van der Waals surface area contributed by atoms with Gasteiger partial charge >= 0.3 is 0 Å². The molecule has 2 aromatic rings. The molecular weight excluding hydrogens is 245 g/mol. The first kappa shape index (κ1) is 13.5. The van der Waals surface area contributed by atoms with Gasteiger partial charge < -0.3 is 10.1 Å². The first-order valence-electron chi connectivity index (χ1n) is 6.34. The lowest BCUT2D eigenvalue weighted by Gasteiger charge is -2.14. The fraction of sp³-hybridized carbons (Fsp3) is 0.357. The Morgan fingerprint density at radius 1 is 1.37 bits per heavy atom. The van der Waals surface area contributed by atoms with Gasteiger partial charge in [-0.15, -0.1) is 0 Å². The Bertz CT molecular complexity index is 487. The summed E-state index contributed by atoms with van der Waals surface area (Å²) in [7, 11) is 0. The van der Waals surface area contributed by atoms with Crippen molar-refractivity contribution in [2.45, 2.75) is 19.5 Å². The molecule has 1 aromatic heterocycles.